The lowest BCUT2D eigenvalue weighted by Crippen LogP contribution is -2.32. The van der Waals surface area contributed by atoms with E-state index in [1.54, 1.807) is 0 Å². The number of alkyl halides is 3. The summed E-state index contributed by atoms with van der Waals surface area (Å²) in [7, 11) is 0. The molecule has 4 heteroatoms. The van der Waals surface area contributed by atoms with Gasteiger partial charge in [0.2, 0.25) is 0 Å². The van der Waals surface area contributed by atoms with Crippen molar-refractivity contribution in [3.63, 3.8) is 0 Å². The van der Waals surface area contributed by atoms with E-state index in [-0.39, 0.29) is 22.7 Å². The minimum atomic E-state index is -4.23. The molecule has 102 valence electrons. The maximum Gasteiger partial charge on any atom is 0.392 e. The summed E-state index contributed by atoms with van der Waals surface area (Å²) in [4.78, 5) is 12.4. The Morgan fingerprint density at radius 2 is 1.89 bits per heavy atom. The Morgan fingerprint density at radius 3 is 2.28 bits per heavy atom. The molecule has 0 aromatic rings. The van der Waals surface area contributed by atoms with E-state index in [4.69, 9.17) is 0 Å². The van der Waals surface area contributed by atoms with E-state index < -0.39 is 18.0 Å². The van der Waals surface area contributed by atoms with E-state index in [0.29, 0.717) is 5.57 Å². The molecule has 2 aliphatic carbocycles. The van der Waals surface area contributed by atoms with Crippen molar-refractivity contribution in [3.8, 4) is 0 Å². The van der Waals surface area contributed by atoms with E-state index >= 15 is 0 Å². The molecule has 2 fully saturated rings. The first-order chi connectivity index (χ1) is 8.01. The van der Waals surface area contributed by atoms with Crippen LogP contribution in [0.4, 0.5) is 13.2 Å². The van der Waals surface area contributed by atoms with E-state index in [2.05, 4.69) is 0 Å². The summed E-state index contributed by atoms with van der Waals surface area (Å²) in [5.41, 5.74) is -0.00773. The second kappa shape index (κ2) is 3.61. The molecule has 2 atom stereocenters. The van der Waals surface area contributed by atoms with Gasteiger partial charge in [0.05, 0.1) is 6.42 Å². The number of rotatable bonds is 1. The highest BCUT2D eigenvalue weighted by molar-refractivity contribution is 6.05. The Morgan fingerprint density at radius 1 is 1.33 bits per heavy atom. The quantitative estimate of drug-likeness (QED) is 0.643. The molecule has 2 bridgehead atoms. The Labute approximate surface area is 105 Å². The predicted octanol–water partition coefficient (Wildman–Crippen LogP) is 4.28. The fraction of sp³-hybridized carbons (Fsp3) is 0.786. The van der Waals surface area contributed by atoms with Crippen LogP contribution in [0.5, 0.6) is 0 Å². The van der Waals surface area contributed by atoms with Crippen molar-refractivity contribution in [1.29, 1.82) is 0 Å². The molecule has 0 amide bonds. The normalized spacial score (nSPS) is 37.3. The standard InChI is InChI=1S/C14H19F3O/c1-8(7-14(15,16)17)10-9-5-6-13(4,11(10)18)12(9,2)3/h9H,5-7H2,1-4H3/b10-8+. The van der Waals surface area contributed by atoms with Gasteiger partial charge in [-0.3, -0.25) is 4.79 Å². The van der Waals surface area contributed by atoms with Gasteiger partial charge in [-0.2, -0.15) is 13.2 Å². The first-order valence-electron chi connectivity index (χ1n) is 6.32. The van der Waals surface area contributed by atoms with Crippen molar-refractivity contribution in [2.75, 3.05) is 0 Å². The Balaban J connectivity index is 2.44. The molecular formula is C14H19F3O. The number of ketones is 1. The van der Waals surface area contributed by atoms with Gasteiger partial charge in [0.25, 0.3) is 0 Å². The fourth-order valence-corrected chi connectivity index (χ4v) is 3.75. The lowest BCUT2D eigenvalue weighted by Gasteiger charge is -2.31. The third-order valence-electron chi connectivity index (χ3n) is 5.25. The molecule has 0 N–H and O–H groups in total. The molecule has 2 saturated carbocycles. The van der Waals surface area contributed by atoms with Crippen molar-refractivity contribution in [2.24, 2.45) is 16.7 Å². The first kappa shape index (κ1) is 13.6. The van der Waals surface area contributed by atoms with Gasteiger partial charge >= 0.3 is 6.18 Å². The number of carbonyl (C=O) groups excluding carboxylic acids is 1. The number of fused-ring (bicyclic) bond motifs is 2. The van der Waals surface area contributed by atoms with Crippen LogP contribution in [0.2, 0.25) is 0 Å². The number of halogens is 3. The van der Waals surface area contributed by atoms with Crippen LogP contribution in [-0.2, 0) is 4.79 Å². The Bertz CT molecular complexity index is 431. The highest BCUT2D eigenvalue weighted by Gasteiger charge is 2.64. The molecule has 0 heterocycles. The largest absolute Gasteiger partial charge is 0.392 e. The molecule has 2 aliphatic rings. The van der Waals surface area contributed by atoms with Gasteiger partial charge in [-0.25, -0.2) is 0 Å². The summed E-state index contributed by atoms with van der Waals surface area (Å²) in [6.07, 6.45) is -3.56. The van der Waals surface area contributed by atoms with Gasteiger partial charge in [-0.1, -0.05) is 26.3 Å². The monoisotopic (exact) mass is 260 g/mol. The van der Waals surface area contributed by atoms with Crippen LogP contribution >= 0.6 is 0 Å². The zero-order chi connectivity index (χ0) is 13.9. The van der Waals surface area contributed by atoms with Crippen LogP contribution in [0.1, 0.15) is 47.0 Å². The maximum atomic E-state index is 12.5. The second-order valence-electron chi connectivity index (χ2n) is 6.46. The van der Waals surface area contributed by atoms with E-state index in [0.717, 1.165) is 12.8 Å². The van der Waals surface area contributed by atoms with Crippen molar-refractivity contribution >= 4 is 5.78 Å². The zero-order valence-electron chi connectivity index (χ0n) is 11.2. The van der Waals surface area contributed by atoms with Crippen LogP contribution in [0.15, 0.2) is 11.1 Å². The molecule has 18 heavy (non-hydrogen) atoms. The van der Waals surface area contributed by atoms with Gasteiger partial charge in [0.1, 0.15) is 0 Å². The Hall–Kier alpha value is -0.800. The molecule has 0 saturated heterocycles. The maximum absolute atomic E-state index is 12.5. The van der Waals surface area contributed by atoms with E-state index in [9.17, 15) is 18.0 Å². The predicted molar refractivity (Wildman–Crippen MR) is 63.0 cm³/mol. The average molecular weight is 260 g/mol. The zero-order valence-corrected chi connectivity index (χ0v) is 11.2. The van der Waals surface area contributed by atoms with Crippen LogP contribution in [0, 0.1) is 16.7 Å². The van der Waals surface area contributed by atoms with E-state index in [1.807, 2.05) is 20.8 Å². The molecule has 2 rings (SSSR count). The van der Waals surface area contributed by atoms with Crippen molar-refractivity contribution < 1.29 is 18.0 Å². The molecule has 0 aromatic heterocycles. The lowest BCUT2D eigenvalue weighted by atomic mass is 9.70. The average Bonchev–Trinajstić information content (AvgIpc) is 2.46. The van der Waals surface area contributed by atoms with Crippen LogP contribution in [-0.4, -0.2) is 12.0 Å². The number of hydrogen-bond donors (Lipinski definition) is 0. The molecule has 0 aromatic carbocycles. The summed E-state index contributed by atoms with van der Waals surface area (Å²) >= 11 is 0. The summed E-state index contributed by atoms with van der Waals surface area (Å²) in [5, 5.41) is 0. The van der Waals surface area contributed by atoms with E-state index in [1.165, 1.54) is 6.92 Å². The van der Waals surface area contributed by atoms with Crippen LogP contribution in [0.3, 0.4) is 0 Å². The topological polar surface area (TPSA) is 17.1 Å². The molecular weight excluding hydrogens is 241 g/mol. The molecule has 0 radical (unpaired) electrons. The fourth-order valence-electron chi connectivity index (χ4n) is 3.75. The van der Waals surface area contributed by atoms with Crippen LogP contribution in [0.25, 0.3) is 0 Å². The second-order valence-corrected chi connectivity index (χ2v) is 6.46. The van der Waals surface area contributed by atoms with Crippen LogP contribution < -0.4 is 0 Å². The summed E-state index contributed by atoms with van der Waals surface area (Å²) in [6.45, 7) is 7.39. The third kappa shape index (κ3) is 1.64. The van der Waals surface area contributed by atoms with Gasteiger partial charge in [0, 0.05) is 5.41 Å². The smallest absolute Gasteiger partial charge is 0.294 e. The summed E-state index contributed by atoms with van der Waals surface area (Å²) < 4.78 is 37.4. The van der Waals surface area contributed by atoms with Gasteiger partial charge in [-0.05, 0) is 36.7 Å². The highest BCUT2D eigenvalue weighted by Crippen LogP contribution is 2.66. The van der Waals surface area contributed by atoms with Gasteiger partial charge in [0.15, 0.2) is 5.78 Å². The third-order valence-corrected chi connectivity index (χ3v) is 5.25. The minimum Gasteiger partial charge on any atom is -0.294 e. The lowest BCUT2D eigenvalue weighted by molar-refractivity contribution is -0.128. The van der Waals surface area contributed by atoms with Gasteiger partial charge in [-0.15, -0.1) is 0 Å². The molecule has 1 nitrogen and oxygen atoms in total. The summed E-state index contributed by atoms with van der Waals surface area (Å²) in [6, 6.07) is 0. The number of carbonyl (C=O) groups is 1. The number of allylic oxidation sites excluding steroid dienone is 2. The van der Waals surface area contributed by atoms with Crippen molar-refractivity contribution in [3.05, 3.63) is 11.1 Å². The number of hydrogen-bond acceptors (Lipinski definition) is 1. The van der Waals surface area contributed by atoms with Crippen molar-refractivity contribution in [1.82, 2.24) is 0 Å². The van der Waals surface area contributed by atoms with Crippen molar-refractivity contribution in [2.45, 2.75) is 53.1 Å². The molecule has 2 unspecified atom stereocenters. The Kier molecular flexibility index (Phi) is 2.73. The van der Waals surface area contributed by atoms with Gasteiger partial charge < -0.3 is 0 Å². The molecule has 0 aliphatic heterocycles. The summed E-state index contributed by atoms with van der Waals surface area (Å²) in [5.74, 6) is -0.0529. The molecule has 0 spiro atoms. The SMILES string of the molecule is C/C(CC(F)(F)F)=C1\C(=O)C2(C)CCC1C2(C)C. The highest BCUT2D eigenvalue weighted by atomic mass is 19.4. The number of Topliss-reactive ketones (excluding diaryl/α,β-unsaturated/α-hetero) is 1. The first-order valence-corrected chi connectivity index (χ1v) is 6.32. The minimum absolute atomic E-state index is 0.00245.